The molecule has 0 amide bonds. The molecule has 0 aliphatic heterocycles. The molecule has 0 aromatic heterocycles. The summed E-state index contributed by atoms with van der Waals surface area (Å²) in [6.07, 6.45) is 0.682. The van der Waals surface area contributed by atoms with E-state index in [0.717, 1.165) is 24.0 Å². The fourth-order valence-electron chi connectivity index (χ4n) is 1.29. The monoisotopic (exact) mass is 327 g/mol. The lowest BCUT2D eigenvalue weighted by Crippen LogP contribution is -2.26. The number of nitrogens with one attached hydrogen (secondary N) is 1. The molecular formula is C11H15ClFNO3S2. The molecule has 0 saturated carbocycles. The number of aliphatic hydroxyl groups excluding tert-OH is 1. The number of thioether (sulfide) groups is 1. The number of hydrogen-bond donors (Lipinski definition) is 2. The largest absolute Gasteiger partial charge is 0.396 e. The second-order valence-electron chi connectivity index (χ2n) is 3.66. The van der Waals surface area contributed by atoms with Crippen LogP contribution in [0.4, 0.5) is 4.39 Å². The van der Waals surface area contributed by atoms with E-state index < -0.39 is 15.8 Å². The van der Waals surface area contributed by atoms with Gasteiger partial charge in [0.1, 0.15) is 10.7 Å². The zero-order valence-corrected chi connectivity index (χ0v) is 12.5. The maximum Gasteiger partial charge on any atom is 0.242 e. The maximum absolute atomic E-state index is 12.8. The Labute approximate surface area is 121 Å². The fraction of sp³-hybridized carbons (Fsp3) is 0.455. The Morgan fingerprint density at radius 3 is 2.74 bits per heavy atom. The van der Waals surface area contributed by atoms with Gasteiger partial charge in [0.25, 0.3) is 0 Å². The number of halogens is 2. The molecule has 2 N–H and O–H groups in total. The van der Waals surface area contributed by atoms with Gasteiger partial charge in [-0.1, -0.05) is 11.6 Å². The van der Waals surface area contributed by atoms with E-state index in [4.69, 9.17) is 16.7 Å². The smallest absolute Gasteiger partial charge is 0.242 e. The summed E-state index contributed by atoms with van der Waals surface area (Å²) in [7, 11) is -3.71. The maximum atomic E-state index is 12.8. The van der Waals surface area contributed by atoms with Gasteiger partial charge in [0, 0.05) is 18.9 Å². The molecule has 1 aromatic rings. The van der Waals surface area contributed by atoms with Gasteiger partial charge in [-0.3, -0.25) is 0 Å². The van der Waals surface area contributed by atoms with Crippen LogP contribution in [0, 0.1) is 5.82 Å². The van der Waals surface area contributed by atoms with Gasteiger partial charge < -0.3 is 5.11 Å². The number of sulfonamides is 1. The SMILES string of the molecule is O=S(=O)(NCCSCCCO)c1ccc(F)cc1Cl. The minimum atomic E-state index is -3.71. The van der Waals surface area contributed by atoms with E-state index >= 15 is 0 Å². The van der Waals surface area contributed by atoms with Crippen molar-refractivity contribution in [3.8, 4) is 0 Å². The molecule has 0 aliphatic carbocycles. The van der Waals surface area contributed by atoms with Crippen LogP contribution in [0.3, 0.4) is 0 Å². The average Bonchev–Trinajstić information content (AvgIpc) is 2.33. The van der Waals surface area contributed by atoms with Crippen LogP contribution in [0.2, 0.25) is 5.02 Å². The van der Waals surface area contributed by atoms with Gasteiger partial charge in [-0.2, -0.15) is 11.8 Å². The van der Waals surface area contributed by atoms with Crippen molar-refractivity contribution in [3.63, 3.8) is 0 Å². The molecular weight excluding hydrogens is 313 g/mol. The predicted octanol–water partition coefficient (Wildman–Crippen LogP) is 1.87. The summed E-state index contributed by atoms with van der Waals surface area (Å²) < 4.78 is 39.0. The quantitative estimate of drug-likeness (QED) is 0.715. The first kappa shape index (κ1) is 16.7. The Morgan fingerprint density at radius 1 is 1.37 bits per heavy atom. The molecule has 8 heteroatoms. The van der Waals surface area contributed by atoms with E-state index in [1.54, 1.807) is 11.8 Å². The normalized spacial score (nSPS) is 11.7. The van der Waals surface area contributed by atoms with Crippen molar-refractivity contribution in [2.75, 3.05) is 24.7 Å². The number of benzene rings is 1. The molecule has 0 saturated heterocycles. The molecule has 1 rings (SSSR count). The Morgan fingerprint density at radius 2 is 2.11 bits per heavy atom. The predicted molar refractivity (Wildman–Crippen MR) is 75.6 cm³/mol. The lowest BCUT2D eigenvalue weighted by molar-refractivity contribution is 0.296. The highest BCUT2D eigenvalue weighted by Crippen LogP contribution is 2.21. The minimum absolute atomic E-state index is 0.129. The van der Waals surface area contributed by atoms with E-state index in [9.17, 15) is 12.8 Å². The van der Waals surface area contributed by atoms with Gasteiger partial charge in [0.05, 0.1) is 5.02 Å². The molecule has 0 radical (unpaired) electrons. The molecule has 108 valence electrons. The van der Waals surface area contributed by atoms with E-state index in [0.29, 0.717) is 12.2 Å². The van der Waals surface area contributed by atoms with E-state index in [1.807, 2.05) is 0 Å². The van der Waals surface area contributed by atoms with Crippen LogP contribution in [-0.2, 0) is 10.0 Å². The van der Waals surface area contributed by atoms with Gasteiger partial charge in [-0.05, 0) is 30.4 Å². The fourth-order valence-corrected chi connectivity index (χ4v) is 3.76. The highest BCUT2D eigenvalue weighted by atomic mass is 35.5. The van der Waals surface area contributed by atoms with E-state index in [1.165, 1.54) is 0 Å². The Bertz CT molecular complexity index is 511. The van der Waals surface area contributed by atoms with Gasteiger partial charge in [0.15, 0.2) is 0 Å². The van der Waals surface area contributed by atoms with Crippen LogP contribution in [0.15, 0.2) is 23.1 Å². The molecule has 0 aliphatic rings. The van der Waals surface area contributed by atoms with Crippen LogP contribution in [0.5, 0.6) is 0 Å². The molecule has 0 unspecified atom stereocenters. The first-order chi connectivity index (χ1) is 8.97. The van der Waals surface area contributed by atoms with Crippen molar-refractivity contribution in [2.24, 2.45) is 0 Å². The highest BCUT2D eigenvalue weighted by molar-refractivity contribution is 7.99. The van der Waals surface area contributed by atoms with Gasteiger partial charge in [0.2, 0.25) is 10.0 Å². The topological polar surface area (TPSA) is 66.4 Å². The average molecular weight is 328 g/mol. The van der Waals surface area contributed by atoms with Crippen LogP contribution in [0.25, 0.3) is 0 Å². The Hall–Kier alpha value is -0.340. The molecule has 1 aromatic carbocycles. The van der Waals surface area contributed by atoms with Gasteiger partial charge >= 0.3 is 0 Å². The third kappa shape index (κ3) is 5.66. The first-order valence-corrected chi connectivity index (χ1v) is 8.62. The number of hydrogen-bond acceptors (Lipinski definition) is 4. The zero-order valence-electron chi connectivity index (χ0n) is 10.1. The summed E-state index contributed by atoms with van der Waals surface area (Å²) in [6.45, 7) is 0.385. The summed E-state index contributed by atoms with van der Waals surface area (Å²) in [5.41, 5.74) is 0. The second kappa shape index (κ2) is 8.06. The minimum Gasteiger partial charge on any atom is -0.396 e. The molecule has 4 nitrogen and oxygen atoms in total. The third-order valence-electron chi connectivity index (χ3n) is 2.17. The lowest BCUT2D eigenvalue weighted by atomic mass is 10.3. The summed E-state index contributed by atoms with van der Waals surface area (Å²) in [4.78, 5) is -0.129. The molecule has 0 atom stereocenters. The molecule has 0 heterocycles. The standard InChI is InChI=1S/C11H15ClFNO3S2/c12-10-8-9(13)2-3-11(10)19(16,17)14-4-7-18-6-1-5-15/h2-3,8,14-15H,1,4-7H2. The molecule has 0 spiro atoms. The summed E-state index contributed by atoms with van der Waals surface area (Å²) in [5.74, 6) is 0.789. The van der Waals surface area contributed by atoms with Gasteiger partial charge in [-0.15, -0.1) is 0 Å². The van der Waals surface area contributed by atoms with Crippen LogP contribution < -0.4 is 4.72 Å². The van der Waals surface area contributed by atoms with Crippen LogP contribution >= 0.6 is 23.4 Å². The van der Waals surface area contributed by atoms with E-state index in [2.05, 4.69) is 4.72 Å². The van der Waals surface area contributed by atoms with Crippen LogP contribution in [-0.4, -0.2) is 38.2 Å². The van der Waals surface area contributed by atoms with Crippen molar-refractivity contribution < 1.29 is 17.9 Å². The second-order valence-corrected chi connectivity index (χ2v) is 7.03. The highest BCUT2D eigenvalue weighted by Gasteiger charge is 2.17. The zero-order chi connectivity index (χ0) is 14.3. The summed E-state index contributed by atoms with van der Waals surface area (Å²) in [5, 5.41) is 8.45. The van der Waals surface area contributed by atoms with Crippen LogP contribution in [0.1, 0.15) is 6.42 Å². The summed E-state index contributed by atoms with van der Waals surface area (Å²) >= 11 is 7.24. The van der Waals surface area contributed by atoms with E-state index in [-0.39, 0.29) is 23.1 Å². The number of rotatable bonds is 8. The Balaban J connectivity index is 2.52. The van der Waals surface area contributed by atoms with Crippen molar-refractivity contribution in [1.29, 1.82) is 0 Å². The van der Waals surface area contributed by atoms with Crippen molar-refractivity contribution in [1.82, 2.24) is 4.72 Å². The molecule has 0 bridgehead atoms. The first-order valence-electron chi connectivity index (χ1n) is 5.60. The van der Waals surface area contributed by atoms with Gasteiger partial charge in [-0.25, -0.2) is 17.5 Å². The van der Waals surface area contributed by atoms with Crippen molar-refractivity contribution in [2.45, 2.75) is 11.3 Å². The number of aliphatic hydroxyl groups is 1. The van der Waals surface area contributed by atoms with Crippen molar-refractivity contribution >= 4 is 33.4 Å². The van der Waals surface area contributed by atoms with Crippen molar-refractivity contribution in [3.05, 3.63) is 29.0 Å². The lowest BCUT2D eigenvalue weighted by Gasteiger charge is -2.08. The molecule has 0 fully saturated rings. The Kier molecular flexibility index (Phi) is 7.09. The molecule has 19 heavy (non-hydrogen) atoms. The third-order valence-corrected chi connectivity index (χ3v) is 5.18. The summed E-state index contributed by atoms with van der Waals surface area (Å²) in [6, 6.07) is 3.15.